The summed E-state index contributed by atoms with van der Waals surface area (Å²) in [7, 11) is -0.623. The third-order valence-corrected chi connectivity index (χ3v) is 6.43. The number of nitrogens with one attached hydrogen (secondary N) is 1. The van der Waals surface area contributed by atoms with Crippen molar-refractivity contribution in [3.05, 3.63) is 53.0 Å². The van der Waals surface area contributed by atoms with Crippen molar-refractivity contribution in [3.63, 3.8) is 0 Å². The second-order valence-electron chi connectivity index (χ2n) is 5.75. The van der Waals surface area contributed by atoms with E-state index in [9.17, 15) is 13.2 Å². The molecule has 0 aliphatic rings. The van der Waals surface area contributed by atoms with Crippen molar-refractivity contribution in [2.75, 3.05) is 19.4 Å². The Morgan fingerprint density at radius 2 is 1.92 bits per heavy atom. The van der Waals surface area contributed by atoms with Crippen molar-refractivity contribution in [3.8, 4) is 0 Å². The molecule has 3 rings (SSSR count). The number of sulfonamides is 1. The quantitative estimate of drug-likeness (QED) is 0.760. The van der Waals surface area contributed by atoms with E-state index in [2.05, 4.69) is 10.3 Å². The van der Waals surface area contributed by atoms with Gasteiger partial charge in [-0.15, -0.1) is 11.3 Å². The van der Waals surface area contributed by atoms with Crippen LogP contribution in [0.1, 0.15) is 15.9 Å². The zero-order chi connectivity index (χ0) is 18.2. The van der Waals surface area contributed by atoms with Crippen LogP contribution in [-0.2, 0) is 10.0 Å². The van der Waals surface area contributed by atoms with E-state index in [-0.39, 0.29) is 10.8 Å². The predicted octanol–water partition coefficient (Wildman–Crippen LogP) is 3.11. The molecule has 130 valence electrons. The second kappa shape index (κ2) is 6.55. The Morgan fingerprint density at radius 3 is 2.64 bits per heavy atom. The largest absolute Gasteiger partial charge is 0.322 e. The number of hydrogen-bond acceptors (Lipinski definition) is 5. The molecular weight excluding hydrogens is 358 g/mol. The SMILES string of the molecule is Cc1ccc(S(=O)(=O)N(C)C)cc1NC(=O)c1ccc2ncsc2c1. The number of amides is 1. The van der Waals surface area contributed by atoms with Gasteiger partial charge in [-0.2, -0.15) is 0 Å². The average Bonchev–Trinajstić information content (AvgIpc) is 3.04. The number of anilines is 1. The topological polar surface area (TPSA) is 79.4 Å². The van der Waals surface area contributed by atoms with Crippen LogP contribution in [0, 0.1) is 6.92 Å². The fourth-order valence-corrected chi connectivity index (χ4v) is 3.94. The molecule has 1 aromatic heterocycles. The van der Waals surface area contributed by atoms with Gasteiger partial charge in [-0.1, -0.05) is 6.07 Å². The number of nitrogens with zero attached hydrogens (tertiary/aromatic N) is 2. The minimum atomic E-state index is -3.56. The minimum Gasteiger partial charge on any atom is -0.322 e. The monoisotopic (exact) mass is 375 g/mol. The Hall–Kier alpha value is -2.29. The van der Waals surface area contributed by atoms with Gasteiger partial charge in [0.25, 0.3) is 5.91 Å². The van der Waals surface area contributed by atoms with Crippen molar-refractivity contribution in [2.24, 2.45) is 0 Å². The fourth-order valence-electron chi connectivity index (χ4n) is 2.30. The molecule has 0 saturated carbocycles. The molecule has 8 heteroatoms. The molecule has 0 aliphatic carbocycles. The van der Waals surface area contributed by atoms with Gasteiger partial charge in [0.15, 0.2) is 0 Å². The first-order valence-corrected chi connectivity index (χ1v) is 9.79. The van der Waals surface area contributed by atoms with Gasteiger partial charge in [0, 0.05) is 25.3 Å². The molecule has 0 aliphatic heterocycles. The molecule has 0 spiro atoms. The molecule has 2 aromatic carbocycles. The van der Waals surface area contributed by atoms with E-state index in [0.29, 0.717) is 11.3 Å². The van der Waals surface area contributed by atoms with Crippen molar-refractivity contribution >= 4 is 43.2 Å². The van der Waals surface area contributed by atoms with Crippen LogP contribution in [0.4, 0.5) is 5.69 Å². The van der Waals surface area contributed by atoms with E-state index in [1.807, 2.05) is 6.92 Å². The van der Waals surface area contributed by atoms with E-state index in [1.54, 1.807) is 29.8 Å². The van der Waals surface area contributed by atoms with Crippen molar-refractivity contribution in [2.45, 2.75) is 11.8 Å². The van der Waals surface area contributed by atoms with E-state index in [4.69, 9.17) is 0 Å². The smallest absolute Gasteiger partial charge is 0.255 e. The Balaban J connectivity index is 1.92. The summed E-state index contributed by atoms with van der Waals surface area (Å²) in [6, 6.07) is 9.96. The number of hydrogen-bond donors (Lipinski definition) is 1. The number of fused-ring (bicyclic) bond motifs is 1. The molecule has 0 saturated heterocycles. The number of benzene rings is 2. The zero-order valence-corrected chi connectivity index (χ0v) is 15.6. The number of thiazole rings is 1. The molecule has 1 amide bonds. The number of aromatic nitrogens is 1. The van der Waals surface area contributed by atoms with Gasteiger partial charge in [0.2, 0.25) is 10.0 Å². The molecule has 0 fully saturated rings. The van der Waals surface area contributed by atoms with Crippen LogP contribution in [0.15, 0.2) is 46.8 Å². The molecule has 1 N–H and O–H groups in total. The molecular formula is C17H17N3O3S2. The summed E-state index contributed by atoms with van der Waals surface area (Å²) in [6.07, 6.45) is 0. The maximum absolute atomic E-state index is 12.5. The zero-order valence-electron chi connectivity index (χ0n) is 14.0. The van der Waals surface area contributed by atoms with Crippen molar-refractivity contribution < 1.29 is 13.2 Å². The Labute approximate surface area is 150 Å². The second-order valence-corrected chi connectivity index (χ2v) is 8.79. The first-order valence-electron chi connectivity index (χ1n) is 7.47. The number of rotatable bonds is 4. The Morgan fingerprint density at radius 1 is 1.16 bits per heavy atom. The van der Waals surface area contributed by atoms with Crippen LogP contribution in [0.5, 0.6) is 0 Å². The maximum Gasteiger partial charge on any atom is 0.255 e. The molecule has 0 bridgehead atoms. The summed E-state index contributed by atoms with van der Waals surface area (Å²) in [4.78, 5) is 16.9. The number of carbonyl (C=O) groups is 1. The Bertz CT molecular complexity index is 1060. The minimum absolute atomic E-state index is 0.135. The van der Waals surface area contributed by atoms with Gasteiger partial charge >= 0.3 is 0 Å². The maximum atomic E-state index is 12.5. The lowest BCUT2D eigenvalue weighted by Crippen LogP contribution is -2.22. The summed E-state index contributed by atoms with van der Waals surface area (Å²) in [5.74, 6) is -0.294. The normalized spacial score (nSPS) is 11.8. The third kappa shape index (κ3) is 3.41. The van der Waals surface area contributed by atoms with Crippen LogP contribution >= 0.6 is 11.3 Å². The van der Waals surface area contributed by atoms with Gasteiger partial charge in [-0.25, -0.2) is 17.7 Å². The van der Waals surface area contributed by atoms with E-state index < -0.39 is 10.0 Å². The van der Waals surface area contributed by atoms with E-state index >= 15 is 0 Å². The molecule has 0 atom stereocenters. The van der Waals surface area contributed by atoms with Crippen LogP contribution < -0.4 is 5.32 Å². The van der Waals surface area contributed by atoms with Crippen molar-refractivity contribution in [1.82, 2.24) is 9.29 Å². The van der Waals surface area contributed by atoms with Gasteiger partial charge < -0.3 is 5.32 Å². The third-order valence-electron chi connectivity index (χ3n) is 3.83. The van der Waals surface area contributed by atoms with Crippen LogP contribution in [-0.4, -0.2) is 37.7 Å². The highest BCUT2D eigenvalue weighted by molar-refractivity contribution is 7.89. The van der Waals surface area contributed by atoms with Gasteiger partial charge in [-0.3, -0.25) is 4.79 Å². The number of aryl methyl sites for hydroxylation is 1. The molecule has 25 heavy (non-hydrogen) atoms. The first-order chi connectivity index (χ1) is 11.8. The lowest BCUT2D eigenvalue weighted by Gasteiger charge is -2.14. The highest BCUT2D eigenvalue weighted by Crippen LogP contribution is 2.24. The molecule has 0 unspecified atom stereocenters. The van der Waals surface area contributed by atoms with Gasteiger partial charge in [0.05, 0.1) is 20.6 Å². The molecule has 3 aromatic rings. The number of carbonyl (C=O) groups excluding carboxylic acids is 1. The standard InChI is InChI=1S/C17H17N3O3S2/c1-11-4-6-13(25(22,23)20(2)3)9-15(11)19-17(21)12-5-7-14-16(8-12)24-10-18-14/h4-10H,1-3H3,(H,19,21). The van der Waals surface area contributed by atoms with Crippen LogP contribution in [0.2, 0.25) is 0 Å². The summed E-state index contributed by atoms with van der Waals surface area (Å²) in [5, 5.41) is 2.80. The lowest BCUT2D eigenvalue weighted by atomic mass is 10.1. The van der Waals surface area contributed by atoms with Crippen LogP contribution in [0.25, 0.3) is 10.2 Å². The lowest BCUT2D eigenvalue weighted by molar-refractivity contribution is 0.102. The van der Waals surface area contributed by atoms with Crippen LogP contribution in [0.3, 0.4) is 0 Å². The van der Waals surface area contributed by atoms with Gasteiger partial charge in [-0.05, 0) is 42.8 Å². The highest BCUT2D eigenvalue weighted by atomic mass is 32.2. The predicted molar refractivity (Wildman–Crippen MR) is 99.6 cm³/mol. The molecule has 0 radical (unpaired) electrons. The highest BCUT2D eigenvalue weighted by Gasteiger charge is 2.19. The molecule has 6 nitrogen and oxygen atoms in total. The summed E-state index contributed by atoms with van der Waals surface area (Å²) < 4.78 is 26.6. The summed E-state index contributed by atoms with van der Waals surface area (Å²) >= 11 is 1.46. The fraction of sp³-hybridized carbons (Fsp3) is 0.176. The van der Waals surface area contributed by atoms with E-state index in [1.165, 1.54) is 37.6 Å². The van der Waals surface area contributed by atoms with Crippen molar-refractivity contribution in [1.29, 1.82) is 0 Å². The Kier molecular flexibility index (Phi) is 4.59. The van der Waals surface area contributed by atoms with E-state index in [0.717, 1.165) is 20.1 Å². The summed E-state index contributed by atoms with van der Waals surface area (Å²) in [5.41, 5.74) is 4.32. The summed E-state index contributed by atoms with van der Waals surface area (Å²) in [6.45, 7) is 1.81. The first kappa shape index (κ1) is 17.5. The molecule has 1 heterocycles. The van der Waals surface area contributed by atoms with Gasteiger partial charge in [0.1, 0.15) is 0 Å². The average molecular weight is 375 g/mol.